The van der Waals surface area contributed by atoms with Crippen molar-refractivity contribution in [2.75, 3.05) is 0 Å². The summed E-state index contributed by atoms with van der Waals surface area (Å²) in [5, 5.41) is 0. The number of ether oxygens (including phenoxy) is 1. The lowest BCUT2D eigenvalue weighted by Gasteiger charge is -2.30. The zero-order valence-electron chi connectivity index (χ0n) is 8.11. The lowest BCUT2D eigenvalue weighted by atomic mass is 9.82. The van der Waals surface area contributed by atoms with Crippen LogP contribution in [-0.2, 0) is 4.74 Å². The quantitative estimate of drug-likeness (QED) is 0.697. The first-order chi connectivity index (χ1) is 6.66. The predicted octanol–water partition coefficient (Wildman–Crippen LogP) is 1.99. The molecule has 3 nitrogen and oxygen atoms in total. The number of carbonyl (C=O) groups is 1. The van der Waals surface area contributed by atoms with Crippen molar-refractivity contribution in [2.24, 2.45) is 17.1 Å². The highest BCUT2D eigenvalue weighted by molar-refractivity contribution is 5.65. The van der Waals surface area contributed by atoms with Gasteiger partial charge in [-0.2, -0.15) is 0 Å². The minimum absolute atomic E-state index is 0.0125. The summed E-state index contributed by atoms with van der Waals surface area (Å²) in [7, 11) is 0. The highest BCUT2D eigenvalue weighted by atomic mass is 16.6. The van der Waals surface area contributed by atoms with Crippen molar-refractivity contribution in [3.63, 3.8) is 0 Å². The molecule has 14 heavy (non-hydrogen) atoms. The maximum atomic E-state index is 10.7. The average Bonchev–Trinajstić information content (AvgIpc) is 2.61. The minimum atomic E-state index is -0.667. The summed E-state index contributed by atoms with van der Waals surface area (Å²) < 4.78 is 5.14. The van der Waals surface area contributed by atoms with Crippen molar-refractivity contribution in [2.45, 2.75) is 25.4 Å². The van der Waals surface area contributed by atoms with Crippen molar-refractivity contribution < 1.29 is 9.53 Å². The van der Waals surface area contributed by atoms with Gasteiger partial charge in [0.05, 0.1) is 0 Å². The SMILES string of the molecule is C=CCC12C=CC(CC1OC(N)=O)C2. The van der Waals surface area contributed by atoms with E-state index in [9.17, 15) is 4.79 Å². The van der Waals surface area contributed by atoms with Gasteiger partial charge in [-0.05, 0) is 25.2 Å². The van der Waals surface area contributed by atoms with E-state index in [0.29, 0.717) is 5.92 Å². The summed E-state index contributed by atoms with van der Waals surface area (Å²) in [4.78, 5) is 10.7. The first-order valence-electron chi connectivity index (χ1n) is 4.92. The van der Waals surface area contributed by atoms with Crippen LogP contribution in [0.3, 0.4) is 0 Å². The number of allylic oxidation sites excluding steroid dienone is 2. The second kappa shape index (κ2) is 3.15. The molecule has 2 N–H and O–H groups in total. The maximum absolute atomic E-state index is 10.7. The Labute approximate surface area is 83.6 Å². The summed E-state index contributed by atoms with van der Waals surface area (Å²) in [5.41, 5.74) is 5.04. The van der Waals surface area contributed by atoms with Crippen LogP contribution in [0.1, 0.15) is 19.3 Å². The molecule has 3 heteroatoms. The second-order valence-electron chi connectivity index (χ2n) is 4.21. The zero-order valence-corrected chi connectivity index (χ0v) is 8.11. The Kier molecular flexibility index (Phi) is 2.10. The Morgan fingerprint density at radius 2 is 2.57 bits per heavy atom. The van der Waals surface area contributed by atoms with Crippen molar-refractivity contribution in [1.82, 2.24) is 0 Å². The molecule has 0 spiro atoms. The van der Waals surface area contributed by atoms with Gasteiger partial charge in [0.2, 0.25) is 0 Å². The molecular weight excluding hydrogens is 178 g/mol. The molecule has 0 aliphatic heterocycles. The highest BCUT2D eigenvalue weighted by Crippen LogP contribution is 2.52. The molecule has 1 amide bonds. The van der Waals surface area contributed by atoms with Crippen LogP contribution >= 0.6 is 0 Å². The van der Waals surface area contributed by atoms with Crippen LogP contribution in [0, 0.1) is 11.3 Å². The summed E-state index contributed by atoms with van der Waals surface area (Å²) in [5.74, 6) is 0.555. The van der Waals surface area contributed by atoms with E-state index < -0.39 is 6.09 Å². The van der Waals surface area contributed by atoms with Crippen LogP contribution in [0.4, 0.5) is 4.79 Å². The number of carbonyl (C=O) groups excluding carboxylic acids is 1. The molecule has 3 atom stereocenters. The van der Waals surface area contributed by atoms with Gasteiger partial charge in [0.1, 0.15) is 6.10 Å². The van der Waals surface area contributed by atoms with Crippen LogP contribution in [0.2, 0.25) is 0 Å². The lowest BCUT2D eigenvalue weighted by molar-refractivity contribution is 0.0540. The van der Waals surface area contributed by atoms with Crippen LogP contribution in [0.5, 0.6) is 0 Å². The number of amides is 1. The zero-order chi connectivity index (χ0) is 10.2. The Morgan fingerprint density at radius 1 is 1.79 bits per heavy atom. The first kappa shape index (κ1) is 9.31. The largest absolute Gasteiger partial charge is 0.445 e. The van der Waals surface area contributed by atoms with E-state index in [4.69, 9.17) is 10.5 Å². The fourth-order valence-corrected chi connectivity index (χ4v) is 2.72. The topological polar surface area (TPSA) is 52.3 Å². The van der Waals surface area contributed by atoms with Crippen LogP contribution in [0.25, 0.3) is 0 Å². The van der Waals surface area contributed by atoms with Crippen molar-refractivity contribution in [3.8, 4) is 0 Å². The van der Waals surface area contributed by atoms with Crippen LogP contribution < -0.4 is 5.73 Å². The second-order valence-corrected chi connectivity index (χ2v) is 4.21. The number of nitrogens with two attached hydrogens (primary N) is 1. The van der Waals surface area contributed by atoms with E-state index in [2.05, 4.69) is 18.7 Å². The molecule has 0 saturated heterocycles. The predicted molar refractivity (Wildman–Crippen MR) is 53.6 cm³/mol. The number of rotatable bonds is 3. The van der Waals surface area contributed by atoms with E-state index in [0.717, 1.165) is 19.3 Å². The fourth-order valence-electron chi connectivity index (χ4n) is 2.72. The van der Waals surface area contributed by atoms with Crippen molar-refractivity contribution >= 4 is 6.09 Å². The van der Waals surface area contributed by atoms with Gasteiger partial charge in [0, 0.05) is 5.41 Å². The van der Waals surface area contributed by atoms with Gasteiger partial charge >= 0.3 is 6.09 Å². The molecule has 1 fully saturated rings. The molecule has 2 aliphatic rings. The smallest absolute Gasteiger partial charge is 0.404 e. The van der Waals surface area contributed by atoms with E-state index in [1.807, 2.05) is 6.08 Å². The van der Waals surface area contributed by atoms with Gasteiger partial charge in [0.25, 0.3) is 0 Å². The fraction of sp³-hybridized carbons (Fsp3) is 0.545. The van der Waals surface area contributed by atoms with Crippen LogP contribution in [-0.4, -0.2) is 12.2 Å². The van der Waals surface area contributed by atoms with Crippen molar-refractivity contribution in [3.05, 3.63) is 24.8 Å². The van der Waals surface area contributed by atoms with Gasteiger partial charge in [-0.15, -0.1) is 6.58 Å². The van der Waals surface area contributed by atoms with E-state index in [-0.39, 0.29) is 11.5 Å². The number of hydrogen-bond donors (Lipinski definition) is 1. The summed E-state index contributed by atoms with van der Waals surface area (Å²) in [6.07, 6.45) is 8.38. The summed E-state index contributed by atoms with van der Waals surface area (Å²) in [6, 6.07) is 0. The molecule has 3 unspecified atom stereocenters. The van der Waals surface area contributed by atoms with E-state index >= 15 is 0 Å². The lowest BCUT2D eigenvalue weighted by Crippen LogP contribution is -2.34. The molecular formula is C11H15NO2. The Bertz CT molecular complexity index is 298. The molecule has 76 valence electrons. The molecule has 0 aromatic carbocycles. The molecule has 0 heterocycles. The molecule has 0 aromatic heterocycles. The average molecular weight is 193 g/mol. The van der Waals surface area contributed by atoms with Crippen molar-refractivity contribution in [1.29, 1.82) is 0 Å². The van der Waals surface area contributed by atoms with Gasteiger partial charge in [-0.1, -0.05) is 18.2 Å². The molecule has 0 aromatic rings. The monoisotopic (exact) mass is 193 g/mol. The molecule has 0 radical (unpaired) electrons. The van der Waals surface area contributed by atoms with Crippen LogP contribution in [0.15, 0.2) is 24.8 Å². The van der Waals surface area contributed by atoms with Gasteiger partial charge < -0.3 is 10.5 Å². The normalized spacial score (nSPS) is 38.6. The highest BCUT2D eigenvalue weighted by Gasteiger charge is 2.49. The maximum Gasteiger partial charge on any atom is 0.404 e. The summed E-state index contributed by atoms with van der Waals surface area (Å²) in [6.45, 7) is 3.74. The van der Waals surface area contributed by atoms with Gasteiger partial charge in [0.15, 0.2) is 0 Å². The molecule has 1 saturated carbocycles. The van der Waals surface area contributed by atoms with Gasteiger partial charge in [-0.25, -0.2) is 4.79 Å². The molecule has 2 rings (SSSR count). The van der Waals surface area contributed by atoms with E-state index in [1.54, 1.807) is 0 Å². The number of hydrogen-bond acceptors (Lipinski definition) is 2. The van der Waals surface area contributed by atoms with E-state index in [1.165, 1.54) is 0 Å². The third-order valence-corrected chi connectivity index (χ3v) is 3.28. The standard InChI is InChI=1S/C11H15NO2/c1-2-4-11-5-3-8(7-11)6-9(11)14-10(12)13/h2-3,5,8-9H,1,4,6-7H2,(H2,12,13). The third kappa shape index (κ3) is 1.33. The Morgan fingerprint density at radius 3 is 3.14 bits per heavy atom. The number of fused-ring (bicyclic) bond motifs is 2. The molecule has 2 aliphatic carbocycles. The van der Waals surface area contributed by atoms with Gasteiger partial charge in [-0.3, -0.25) is 0 Å². The first-order valence-corrected chi connectivity index (χ1v) is 4.92. The third-order valence-electron chi connectivity index (χ3n) is 3.28. The minimum Gasteiger partial charge on any atom is -0.445 e. The Hall–Kier alpha value is -1.25. The number of primary amides is 1. The molecule has 2 bridgehead atoms. The summed E-state index contributed by atoms with van der Waals surface area (Å²) >= 11 is 0. The Balaban J connectivity index is 2.15.